The lowest BCUT2D eigenvalue weighted by Crippen LogP contribution is -2.15. The van der Waals surface area contributed by atoms with Crippen molar-refractivity contribution in [3.8, 4) is 11.1 Å². The molecule has 4 aromatic rings. The number of rotatable bonds is 6. The van der Waals surface area contributed by atoms with E-state index in [-0.39, 0.29) is 10.8 Å². The molecule has 0 saturated carbocycles. The van der Waals surface area contributed by atoms with Gasteiger partial charge in [0.1, 0.15) is 23.3 Å². The molecule has 1 aromatic carbocycles. The van der Waals surface area contributed by atoms with Crippen LogP contribution in [0.3, 0.4) is 0 Å². The average molecular weight is 469 g/mol. The lowest BCUT2D eigenvalue weighted by atomic mass is 10.1. The molecular formula is C21H17F2N7O2S. The number of hydrogen-bond donors (Lipinski definition) is 3. The van der Waals surface area contributed by atoms with Crippen LogP contribution in [0.4, 0.5) is 26.2 Å². The summed E-state index contributed by atoms with van der Waals surface area (Å²) in [5, 5.41) is 2.88. The Labute approximate surface area is 189 Å². The van der Waals surface area contributed by atoms with E-state index in [1.807, 2.05) is 0 Å². The monoisotopic (exact) mass is 469 g/mol. The van der Waals surface area contributed by atoms with Gasteiger partial charge < -0.3 is 5.32 Å². The van der Waals surface area contributed by atoms with E-state index in [1.165, 1.54) is 0 Å². The topological polar surface area (TPSA) is 126 Å². The minimum absolute atomic E-state index is 0.0991. The molecule has 3 N–H and O–H groups in total. The highest BCUT2D eigenvalue weighted by Gasteiger charge is 2.14. The Bertz CT molecular complexity index is 1430. The van der Waals surface area contributed by atoms with Crippen LogP contribution in [0, 0.1) is 25.5 Å². The molecule has 0 aliphatic rings. The van der Waals surface area contributed by atoms with Crippen LogP contribution < -0.4 is 15.7 Å². The lowest BCUT2D eigenvalue weighted by molar-refractivity contribution is 0.562. The molecule has 4 rings (SSSR count). The standard InChI is InChI=1S/C21H17F2N7O2S/c1-11-17(30-33(32)18-4-3-15(22)9-16(18)23)7-14(10-25-11)13-5-6-24-19(8-13)28-20-26-12(2)27-21(31)29-20/h3-10,30H,1-2H3,(H2,24,26,27,28,29,31). The van der Waals surface area contributed by atoms with Gasteiger partial charge >= 0.3 is 5.69 Å². The molecule has 0 aliphatic heterocycles. The quantitative estimate of drug-likeness (QED) is 0.395. The number of aromatic amines is 1. The predicted molar refractivity (Wildman–Crippen MR) is 119 cm³/mol. The SMILES string of the molecule is Cc1nc(Nc2cc(-c3cnc(C)c(NS(=O)c4ccc(F)cc4F)c3)ccn2)nc(=O)[nH]1. The summed E-state index contributed by atoms with van der Waals surface area (Å²) in [4.78, 5) is 30.2. The second-order valence-corrected chi connectivity index (χ2v) is 8.10. The van der Waals surface area contributed by atoms with E-state index < -0.39 is 28.3 Å². The second-order valence-electron chi connectivity index (χ2n) is 6.92. The van der Waals surface area contributed by atoms with Gasteiger partial charge in [0.05, 0.1) is 16.3 Å². The Morgan fingerprint density at radius 3 is 2.58 bits per heavy atom. The minimum Gasteiger partial charge on any atom is -0.309 e. The van der Waals surface area contributed by atoms with Crippen molar-refractivity contribution in [3.63, 3.8) is 0 Å². The number of aromatic nitrogens is 5. The van der Waals surface area contributed by atoms with Crippen LogP contribution >= 0.6 is 0 Å². The first-order chi connectivity index (χ1) is 15.8. The van der Waals surface area contributed by atoms with Crippen LogP contribution in [-0.2, 0) is 11.0 Å². The van der Waals surface area contributed by atoms with Crippen molar-refractivity contribution in [1.29, 1.82) is 0 Å². The Morgan fingerprint density at radius 2 is 1.82 bits per heavy atom. The van der Waals surface area contributed by atoms with E-state index in [4.69, 9.17) is 0 Å². The maximum Gasteiger partial charge on any atom is 0.349 e. The van der Waals surface area contributed by atoms with Gasteiger partial charge in [0.15, 0.2) is 11.0 Å². The normalized spacial score (nSPS) is 11.8. The zero-order valence-corrected chi connectivity index (χ0v) is 18.2. The largest absolute Gasteiger partial charge is 0.349 e. The number of H-pyrrole nitrogens is 1. The van der Waals surface area contributed by atoms with E-state index in [1.54, 1.807) is 44.4 Å². The number of nitrogens with one attached hydrogen (secondary N) is 3. The molecule has 12 heteroatoms. The summed E-state index contributed by atoms with van der Waals surface area (Å²) < 4.78 is 42.5. The molecule has 33 heavy (non-hydrogen) atoms. The third kappa shape index (κ3) is 5.23. The first-order valence-electron chi connectivity index (χ1n) is 9.57. The summed E-state index contributed by atoms with van der Waals surface area (Å²) >= 11 is 0. The van der Waals surface area contributed by atoms with Gasteiger partial charge in [-0.15, -0.1) is 0 Å². The van der Waals surface area contributed by atoms with Gasteiger partial charge in [-0.1, -0.05) is 0 Å². The molecule has 9 nitrogen and oxygen atoms in total. The van der Waals surface area contributed by atoms with Crippen molar-refractivity contribution in [3.05, 3.63) is 82.4 Å². The van der Waals surface area contributed by atoms with E-state index in [0.29, 0.717) is 40.2 Å². The van der Waals surface area contributed by atoms with Crippen molar-refractivity contribution in [2.45, 2.75) is 18.7 Å². The second kappa shape index (κ2) is 9.20. The maximum atomic E-state index is 14.0. The van der Waals surface area contributed by atoms with Gasteiger partial charge in [-0.3, -0.25) is 14.7 Å². The van der Waals surface area contributed by atoms with Crippen molar-refractivity contribution < 1.29 is 13.0 Å². The highest BCUT2D eigenvalue weighted by Crippen LogP contribution is 2.27. The maximum absolute atomic E-state index is 14.0. The fourth-order valence-corrected chi connectivity index (χ4v) is 3.86. The number of benzene rings is 1. The Hall–Kier alpha value is -4.06. The summed E-state index contributed by atoms with van der Waals surface area (Å²) in [6.07, 6.45) is 3.17. The van der Waals surface area contributed by atoms with Crippen LogP contribution in [0.1, 0.15) is 11.5 Å². The Kier molecular flexibility index (Phi) is 6.18. The number of anilines is 3. The van der Waals surface area contributed by atoms with Gasteiger partial charge in [0.2, 0.25) is 5.95 Å². The van der Waals surface area contributed by atoms with Crippen LogP contribution in [0.15, 0.2) is 58.5 Å². The smallest absolute Gasteiger partial charge is 0.309 e. The zero-order chi connectivity index (χ0) is 23.5. The molecule has 168 valence electrons. The first kappa shape index (κ1) is 22.1. The molecule has 3 heterocycles. The molecule has 0 amide bonds. The fourth-order valence-electron chi connectivity index (χ4n) is 2.91. The summed E-state index contributed by atoms with van der Waals surface area (Å²) in [5.74, 6) is -0.773. The lowest BCUT2D eigenvalue weighted by Gasteiger charge is -2.12. The van der Waals surface area contributed by atoms with E-state index >= 15 is 0 Å². The summed E-state index contributed by atoms with van der Waals surface area (Å²) in [5.41, 5.74) is 1.78. The fraction of sp³-hybridized carbons (Fsp3) is 0.0952. The highest BCUT2D eigenvalue weighted by molar-refractivity contribution is 7.86. The number of hydrogen-bond acceptors (Lipinski definition) is 7. The van der Waals surface area contributed by atoms with Crippen molar-refractivity contribution in [2.75, 3.05) is 10.0 Å². The van der Waals surface area contributed by atoms with Crippen LogP contribution in [0.2, 0.25) is 0 Å². The predicted octanol–water partition coefficient (Wildman–Crippen LogP) is 3.40. The van der Waals surface area contributed by atoms with Crippen molar-refractivity contribution >= 4 is 28.4 Å². The zero-order valence-electron chi connectivity index (χ0n) is 17.4. The van der Waals surface area contributed by atoms with Gasteiger partial charge in [-0.05, 0) is 49.7 Å². The minimum atomic E-state index is -1.97. The van der Waals surface area contributed by atoms with Crippen LogP contribution in [0.5, 0.6) is 0 Å². The van der Waals surface area contributed by atoms with Crippen molar-refractivity contribution in [1.82, 2.24) is 24.9 Å². The molecule has 1 unspecified atom stereocenters. The molecule has 3 aromatic heterocycles. The number of halogens is 2. The van der Waals surface area contributed by atoms with Crippen LogP contribution in [-0.4, -0.2) is 29.1 Å². The summed E-state index contributed by atoms with van der Waals surface area (Å²) in [6.45, 7) is 3.34. The third-order valence-corrected chi connectivity index (χ3v) is 5.62. The summed E-state index contributed by atoms with van der Waals surface area (Å²) in [7, 11) is -1.97. The van der Waals surface area contributed by atoms with Gasteiger partial charge in [0.25, 0.3) is 0 Å². The molecule has 0 saturated heterocycles. The molecular weight excluding hydrogens is 452 g/mol. The van der Waals surface area contributed by atoms with Crippen LogP contribution in [0.25, 0.3) is 11.1 Å². The average Bonchev–Trinajstić information content (AvgIpc) is 2.74. The van der Waals surface area contributed by atoms with Gasteiger partial charge in [-0.2, -0.15) is 9.97 Å². The van der Waals surface area contributed by atoms with Gasteiger partial charge in [0, 0.05) is 24.0 Å². The number of aryl methyl sites for hydroxylation is 2. The number of pyridine rings is 2. The van der Waals surface area contributed by atoms with Gasteiger partial charge in [-0.25, -0.2) is 22.8 Å². The van der Waals surface area contributed by atoms with Crippen molar-refractivity contribution in [2.24, 2.45) is 0 Å². The third-order valence-electron chi connectivity index (χ3n) is 4.49. The van der Waals surface area contributed by atoms with E-state index in [9.17, 15) is 17.8 Å². The van der Waals surface area contributed by atoms with E-state index in [2.05, 4.69) is 35.0 Å². The first-order valence-corrected chi connectivity index (χ1v) is 10.7. The Balaban J connectivity index is 1.60. The summed E-state index contributed by atoms with van der Waals surface area (Å²) in [6, 6.07) is 7.98. The number of nitrogens with zero attached hydrogens (tertiary/aromatic N) is 4. The highest BCUT2D eigenvalue weighted by atomic mass is 32.2. The van der Waals surface area contributed by atoms with E-state index in [0.717, 1.165) is 12.1 Å². The molecule has 0 spiro atoms. The Morgan fingerprint density at radius 1 is 1.00 bits per heavy atom. The molecule has 0 bridgehead atoms. The molecule has 0 fully saturated rings. The molecule has 1 atom stereocenters. The molecule has 0 aliphatic carbocycles. The molecule has 0 radical (unpaired) electrons.